The van der Waals surface area contributed by atoms with Gasteiger partial charge in [0.05, 0.1) is 6.10 Å². The lowest BCUT2D eigenvalue weighted by Gasteiger charge is -2.50. The Labute approximate surface area is 174 Å². The van der Waals surface area contributed by atoms with Gasteiger partial charge in [-0.1, -0.05) is 20.8 Å². The summed E-state index contributed by atoms with van der Waals surface area (Å²) >= 11 is 0. The second kappa shape index (κ2) is 7.43. The molecule has 0 heterocycles. The van der Waals surface area contributed by atoms with Crippen LogP contribution in [-0.4, -0.2) is 42.1 Å². The van der Waals surface area contributed by atoms with Crippen LogP contribution in [0.4, 0.5) is 0 Å². The van der Waals surface area contributed by atoms with Crippen LogP contribution in [0.1, 0.15) is 69.9 Å². The molecule has 0 spiro atoms. The van der Waals surface area contributed by atoms with E-state index in [0.29, 0.717) is 24.9 Å². The minimum absolute atomic E-state index is 0.0378. The average Bonchev–Trinajstić information content (AvgIpc) is 2.96. The van der Waals surface area contributed by atoms with Crippen LogP contribution < -0.4 is 4.18 Å². The Morgan fingerprint density at radius 2 is 1.90 bits per heavy atom. The molecule has 1 aromatic carbocycles. The third kappa shape index (κ3) is 3.35. The van der Waals surface area contributed by atoms with Gasteiger partial charge in [-0.2, -0.15) is 12.7 Å². The van der Waals surface area contributed by atoms with Crippen molar-refractivity contribution in [1.82, 2.24) is 4.31 Å². The fourth-order valence-electron chi connectivity index (χ4n) is 6.41. The molecule has 6 nitrogen and oxygen atoms in total. The predicted octanol–water partition coefficient (Wildman–Crippen LogP) is 3.57. The van der Waals surface area contributed by atoms with Crippen molar-refractivity contribution in [1.29, 1.82) is 0 Å². The van der Waals surface area contributed by atoms with Crippen LogP contribution in [0.2, 0.25) is 0 Å². The molecule has 0 unspecified atom stereocenters. The van der Waals surface area contributed by atoms with E-state index >= 15 is 0 Å². The molecule has 7 heteroatoms. The number of hydrogen-bond donors (Lipinski definition) is 2. The first-order valence-corrected chi connectivity index (χ1v) is 12.3. The molecule has 2 N–H and O–H groups in total. The van der Waals surface area contributed by atoms with Gasteiger partial charge in [0.1, 0.15) is 5.75 Å². The second-order valence-corrected chi connectivity index (χ2v) is 10.7. The number of aliphatic hydroxyl groups excluding tert-OH is 1. The van der Waals surface area contributed by atoms with Crippen molar-refractivity contribution >= 4 is 10.3 Å². The Bertz CT molecular complexity index is 881. The third-order valence-corrected chi connectivity index (χ3v) is 9.47. The van der Waals surface area contributed by atoms with Crippen LogP contribution >= 0.6 is 0 Å². The fourth-order valence-corrected chi connectivity index (χ4v) is 7.52. The highest BCUT2D eigenvalue weighted by Crippen LogP contribution is 2.62. The lowest BCUT2D eigenvalue weighted by Crippen LogP contribution is -2.44. The van der Waals surface area contributed by atoms with E-state index < -0.39 is 10.3 Å². The molecular weight excluding hydrogens is 390 g/mol. The Balaban J connectivity index is 1.73. The molecule has 29 heavy (non-hydrogen) atoms. The summed E-state index contributed by atoms with van der Waals surface area (Å²) in [5.41, 5.74) is 1.92. The normalized spacial score (nSPS) is 33.8. The zero-order chi connectivity index (χ0) is 21.0. The Hall–Kier alpha value is -1.31. The smallest absolute Gasteiger partial charge is 0.385 e. The highest BCUT2D eigenvalue weighted by Gasteiger charge is 2.55. The minimum atomic E-state index is -3.92. The molecule has 0 bridgehead atoms. The molecule has 0 aromatic heterocycles. The number of fused-ring (bicyclic) bond motifs is 5. The highest BCUT2D eigenvalue weighted by atomic mass is 32.2. The van der Waals surface area contributed by atoms with E-state index in [4.69, 9.17) is 4.18 Å². The maximum Gasteiger partial charge on any atom is 0.385 e. The van der Waals surface area contributed by atoms with E-state index in [-0.39, 0.29) is 28.9 Å². The van der Waals surface area contributed by atoms with Crippen molar-refractivity contribution in [2.75, 3.05) is 13.1 Å². The van der Waals surface area contributed by atoms with E-state index in [0.717, 1.165) is 49.7 Å². The summed E-state index contributed by atoms with van der Waals surface area (Å²) in [7, 11) is -3.92. The van der Waals surface area contributed by atoms with Crippen LogP contribution in [-0.2, 0) is 16.7 Å². The molecule has 1 aromatic rings. The minimum Gasteiger partial charge on any atom is -0.508 e. The Morgan fingerprint density at radius 1 is 1.17 bits per heavy atom. The SMILES string of the molecule is CCN(CC)S(=O)(=O)Oc1cc(O)cc2c1[C@H]1CC[C@]3(C)[C@@H](O)CC[C@H]3[C@H]1CC2. The van der Waals surface area contributed by atoms with E-state index in [1.165, 1.54) is 10.4 Å². The Morgan fingerprint density at radius 3 is 2.59 bits per heavy atom. The lowest BCUT2D eigenvalue weighted by atomic mass is 9.55. The number of aromatic hydroxyl groups is 1. The number of hydrogen-bond acceptors (Lipinski definition) is 5. The molecule has 3 aliphatic carbocycles. The largest absolute Gasteiger partial charge is 0.508 e. The van der Waals surface area contributed by atoms with Crippen molar-refractivity contribution in [2.24, 2.45) is 17.3 Å². The summed E-state index contributed by atoms with van der Waals surface area (Å²) in [5, 5.41) is 20.8. The summed E-state index contributed by atoms with van der Waals surface area (Å²) in [5.74, 6) is 1.41. The number of nitrogens with zero attached hydrogens (tertiary/aromatic N) is 1. The molecule has 0 radical (unpaired) electrons. The molecule has 3 aliphatic rings. The molecule has 0 saturated heterocycles. The van der Waals surface area contributed by atoms with Gasteiger partial charge in [0.25, 0.3) is 0 Å². The molecule has 0 aliphatic heterocycles. The second-order valence-electron chi connectivity index (χ2n) is 9.20. The third-order valence-electron chi connectivity index (χ3n) is 7.93. The first kappa shape index (κ1) is 20.9. The highest BCUT2D eigenvalue weighted by molar-refractivity contribution is 7.84. The van der Waals surface area contributed by atoms with Crippen molar-refractivity contribution in [2.45, 2.75) is 71.3 Å². The monoisotopic (exact) mass is 423 g/mol. The van der Waals surface area contributed by atoms with Crippen LogP contribution in [0, 0.1) is 17.3 Å². The summed E-state index contributed by atoms with van der Waals surface area (Å²) < 4.78 is 32.5. The zero-order valence-corrected chi connectivity index (χ0v) is 18.4. The first-order valence-electron chi connectivity index (χ1n) is 10.9. The molecule has 2 fully saturated rings. The quantitative estimate of drug-likeness (QED) is 0.756. The van der Waals surface area contributed by atoms with Gasteiger partial charge < -0.3 is 14.4 Å². The zero-order valence-electron chi connectivity index (χ0n) is 17.6. The van der Waals surface area contributed by atoms with Gasteiger partial charge in [0, 0.05) is 24.7 Å². The summed E-state index contributed by atoms with van der Waals surface area (Å²) in [6, 6.07) is 3.22. The van der Waals surface area contributed by atoms with Crippen molar-refractivity contribution < 1.29 is 22.8 Å². The molecule has 2 saturated carbocycles. The molecule has 4 rings (SSSR count). The van der Waals surface area contributed by atoms with Crippen molar-refractivity contribution in [3.05, 3.63) is 23.3 Å². The number of aryl methyl sites for hydroxylation is 1. The molecule has 162 valence electrons. The van der Waals surface area contributed by atoms with Crippen molar-refractivity contribution in [3.8, 4) is 11.5 Å². The van der Waals surface area contributed by atoms with Gasteiger partial charge in [0.15, 0.2) is 5.75 Å². The van der Waals surface area contributed by atoms with E-state index in [2.05, 4.69) is 6.92 Å². The van der Waals surface area contributed by atoms with Crippen LogP contribution in [0.3, 0.4) is 0 Å². The predicted molar refractivity (Wildman–Crippen MR) is 111 cm³/mol. The van der Waals surface area contributed by atoms with Gasteiger partial charge in [-0.25, -0.2) is 0 Å². The molecule has 5 atom stereocenters. The van der Waals surface area contributed by atoms with Crippen LogP contribution in [0.15, 0.2) is 12.1 Å². The number of aliphatic hydroxyl groups is 1. The maximum atomic E-state index is 12.8. The summed E-state index contributed by atoms with van der Waals surface area (Å²) in [4.78, 5) is 0. The summed E-state index contributed by atoms with van der Waals surface area (Å²) in [6.45, 7) is 6.46. The molecular formula is C22H33NO5S. The van der Waals surface area contributed by atoms with Gasteiger partial charge >= 0.3 is 10.3 Å². The lowest BCUT2D eigenvalue weighted by molar-refractivity contribution is -0.0228. The van der Waals surface area contributed by atoms with Gasteiger partial charge in [0.2, 0.25) is 0 Å². The van der Waals surface area contributed by atoms with E-state index in [1.807, 2.05) is 0 Å². The van der Waals surface area contributed by atoms with E-state index in [1.54, 1.807) is 19.9 Å². The number of phenols is 1. The van der Waals surface area contributed by atoms with Gasteiger partial charge in [-0.15, -0.1) is 0 Å². The summed E-state index contributed by atoms with van der Waals surface area (Å²) in [6.07, 6.45) is 5.29. The molecule has 0 amide bonds. The standard InChI is InChI=1S/C22H33NO5S/c1-4-23(5-2)29(26,27)28-19-13-15(24)12-14-6-7-16-17(21(14)19)10-11-22(3)18(16)8-9-20(22)25/h12-13,16-18,20,24-25H,4-11H2,1-3H3/t16-,17-,18-,20-,22-/m0/s1. The van der Waals surface area contributed by atoms with Gasteiger partial charge in [-0.05, 0) is 73.3 Å². The van der Waals surface area contributed by atoms with Crippen molar-refractivity contribution in [3.63, 3.8) is 0 Å². The number of phenolic OH excluding ortho intramolecular Hbond substituents is 1. The number of benzene rings is 1. The topological polar surface area (TPSA) is 87.1 Å². The van der Waals surface area contributed by atoms with Gasteiger partial charge in [-0.3, -0.25) is 0 Å². The maximum absolute atomic E-state index is 12.8. The van der Waals surface area contributed by atoms with E-state index in [9.17, 15) is 18.6 Å². The average molecular weight is 424 g/mol. The Kier molecular flexibility index (Phi) is 5.37. The number of rotatable bonds is 5. The van der Waals surface area contributed by atoms with Crippen LogP contribution in [0.25, 0.3) is 0 Å². The van der Waals surface area contributed by atoms with Crippen LogP contribution in [0.5, 0.6) is 11.5 Å². The first-order chi connectivity index (χ1) is 13.7. The fraction of sp³-hybridized carbons (Fsp3) is 0.727.